The summed E-state index contributed by atoms with van der Waals surface area (Å²) in [5.74, 6) is 0.931. The lowest BCUT2D eigenvalue weighted by atomic mass is 10.1. The van der Waals surface area contributed by atoms with Gasteiger partial charge in [0.15, 0.2) is 5.58 Å². The van der Waals surface area contributed by atoms with E-state index in [9.17, 15) is 0 Å². The molecule has 6 heteroatoms. The number of pyridine rings is 1. The summed E-state index contributed by atoms with van der Waals surface area (Å²) in [5.41, 5.74) is 9.87. The van der Waals surface area contributed by atoms with E-state index in [4.69, 9.17) is 21.8 Å². The fourth-order valence-corrected chi connectivity index (χ4v) is 3.22. The molecule has 0 radical (unpaired) electrons. The lowest BCUT2D eigenvalue weighted by Crippen LogP contribution is -2.11. The van der Waals surface area contributed by atoms with Crippen LogP contribution in [0.5, 0.6) is 0 Å². The highest BCUT2D eigenvalue weighted by molar-refractivity contribution is 6.32. The highest BCUT2D eigenvalue weighted by atomic mass is 35.5. The second kappa shape index (κ2) is 6.40. The van der Waals surface area contributed by atoms with Crippen LogP contribution in [0.25, 0.3) is 22.2 Å². The number of benzene rings is 1. The molecule has 4 rings (SSSR count). The second-order valence-electron chi connectivity index (χ2n) is 5.63. The van der Waals surface area contributed by atoms with E-state index in [1.54, 1.807) is 0 Å². The van der Waals surface area contributed by atoms with Crippen LogP contribution in [0.2, 0.25) is 5.15 Å². The average molecular weight is 350 g/mol. The van der Waals surface area contributed by atoms with Crippen molar-refractivity contribution >= 4 is 40.8 Å². The second-order valence-corrected chi connectivity index (χ2v) is 5.99. The van der Waals surface area contributed by atoms with Crippen LogP contribution in [0.3, 0.4) is 0 Å². The molecule has 1 aromatic carbocycles. The number of hydrogen-bond acceptors (Lipinski definition) is 4. The van der Waals surface area contributed by atoms with Gasteiger partial charge in [-0.05, 0) is 43.1 Å². The summed E-state index contributed by atoms with van der Waals surface area (Å²) in [6.45, 7) is 1.03. The first-order chi connectivity index (χ1) is 10.7. The quantitative estimate of drug-likeness (QED) is 0.525. The summed E-state index contributed by atoms with van der Waals surface area (Å²) in [6, 6.07) is 11.8. The Labute approximate surface area is 145 Å². The number of nitrogens with one attached hydrogen (secondary N) is 1. The molecule has 0 saturated carbocycles. The van der Waals surface area contributed by atoms with Gasteiger partial charge in [0.1, 0.15) is 16.4 Å². The molecule has 0 spiro atoms. The predicted molar refractivity (Wildman–Crippen MR) is 96.1 cm³/mol. The molecule has 3 N–H and O–H groups in total. The van der Waals surface area contributed by atoms with Crippen molar-refractivity contribution in [2.75, 3.05) is 12.3 Å². The maximum absolute atomic E-state index is 6.35. The smallest absolute Gasteiger partial charge is 0.153 e. The third kappa shape index (κ3) is 3.02. The summed E-state index contributed by atoms with van der Waals surface area (Å²) in [6.07, 6.45) is 2.26. The van der Waals surface area contributed by atoms with Gasteiger partial charge in [-0.3, -0.25) is 0 Å². The maximum Gasteiger partial charge on any atom is 0.153 e. The van der Waals surface area contributed by atoms with Gasteiger partial charge in [-0.15, -0.1) is 12.4 Å². The van der Waals surface area contributed by atoms with Gasteiger partial charge in [0, 0.05) is 17.3 Å². The van der Waals surface area contributed by atoms with Crippen LogP contribution in [0.15, 0.2) is 40.8 Å². The number of nitrogens with zero attached hydrogens (tertiary/aromatic N) is 1. The number of fused-ring (bicyclic) bond motifs is 1. The van der Waals surface area contributed by atoms with Crippen LogP contribution in [0, 0.1) is 0 Å². The molecule has 3 heterocycles. The van der Waals surface area contributed by atoms with Crippen molar-refractivity contribution < 1.29 is 4.42 Å². The largest absolute Gasteiger partial charge is 0.458 e. The molecule has 0 amide bonds. The zero-order valence-electron chi connectivity index (χ0n) is 12.4. The van der Waals surface area contributed by atoms with Crippen LogP contribution >= 0.6 is 24.0 Å². The molecule has 1 saturated heterocycles. The molecule has 1 aliphatic rings. The zero-order chi connectivity index (χ0) is 15.1. The van der Waals surface area contributed by atoms with E-state index in [-0.39, 0.29) is 18.4 Å². The number of halogens is 2. The number of hydrogen-bond donors (Lipinski definition) is 2. The lowest BCUT2D eigenvalue weighted by Gasteiger charge is -2.05. The fourth-order valence-electron chi connectivity index (χ4n) is 2.97. The Hall–Kier alpha value is -1.75. The van der Waals surface area contributed by atoms with Crippen LogP contribution < -0.4 is 11.1 Å². The summed E-state index contributed by atoms with van der Waals surface area (Å²) >= 11 is 6.35. The SMILES string of the molecule is Cl.Nc1cccc(-c2cc3oc([C@H]4CCCN4)cc3nc2Cl)c1. The van der Waals surface area contributed by atoms with Gasteiger partial charge in [-0.2, -0.15) is 0 Å². The van der Waals surface area contributed by atoms with E-state index in [1.165, 1.54) is 6.42 Å². The minimum atomic E-state index is 0. The summed E-state index contributed by atoms with van der Waals surface area (Å²) in [4.78, 5) is 4.48. The van der Waals surface area contributed by atoms with Gasteiger partial charge < -0.3 is 15.5 Å². The maximum atomic E-state index is 6.35. The van der Waals surface area contributed by atoms with Crippen molar-refractivity contribution in [3.05, 3.63) is 47.3 Å². The molecular weight excluding hydrogens is 333 g/mol. The van der Waals surface area contributed by atoms with Crippen molar-refractivity contribution in [3.63, 3.8) is 0 Å². The number of anilines is 1. The Balaban J connectivity index is 0.00000156. The van der Waals surface area contributed by atoms with Crippen LogP contribution in [-0.4, -0.2) is 11.5 Å². The van der Waals surface area contributed by atoms with Gasteiger partial charge in [0.2, 0.25) is 0 Å². The Morgan fingerprint density at radius 3 is 2.87 bits per heavy atom. The predicted octanol–water partition coefficient (Wildman–Crippen LogP) is 4.58. The first-order valence-corrected chi connectivity index (χ1v) is 7.78. The van der Waals surface area contributed by atoms with E-state index in [0.29, 0.717) is 10.8 Å². The molecule has 1 fully saturated rings. The zero-order valence-corrected chi connectivity index (χ0v) is 14.0. The topological polar surface area (TPSA) is 64.1 Å². The molecule has 0 bridgehead atoms. The van der Waals surface area contributed by atoms with Crippen LogP contribution in [0.4, 0.5) is 5.69 Å². The molecule has 0 unspecified atom stereocenters. The lowest BCUT2D eigenvalue weighted by molar-refractivity contribution is 0.471. The average Bonchev–Trinajstić information content (AvgIpc) is 3.15. The monoisotopic (exact) mass is 349 g/mol. The highest BCUT2D eigenvalue weighted by Crippen LogP contribution is 2.34. The van der Waals surface area contributed by atoms with Crippen molar-refractivity contribution in [2.45, 2.75) is 18.9 Å². The van der Waals surface area contributed by atoms with Gasteiger partial charge in [0.05, 0.1) is 6.04 Å². The van der Waals surface area contributed by atoms with E-state index in [0.717, 1.165) is 41.0 Å². The Morgan fingerprint density at radius 1 is 1.26 bits per heavy atom. The van der Waals surface area contributed by atoms with Crippen molar-refractivity contribution in [1.82, 2.24) is 10.3 Å². The number of rotatable bonds is 2. The number of aromatic nitrogens is 1. The van der Waals surface area contributed by atoms with E-state index < -0.39 is 0 Å². The molecule has 1 aliphatic heterocycles. The Kier molecular flexibility index (Phi) is 4.48. The van der Waals surface area contributed by atoms with Crippen molar-refractivity contribution in [2.24, 2.45) is 0 Å². The molecular formula is C17H17Cl2N3O. The number of furan rings is 1. The van der Waals surface area contributed by atoms with E-state index in [2.05, 4.69) is 10.3 Å². The minimum Gasteiger partial charge on any atom is -0.458 e. The van der Waals surface area contributed by atoms with Gasteiger partial charge >= 0.3 is 0 Å². The molecule has 2 aromatic heterocycles. The molecule has 1 atom stereocenters. The molecule has 120 valence electrons. The first-order valence-electron chi connectivity index (χ1n) is 7.40. The number of nitrogens with two attached hydrogens (primary N) is 1. The number of nitrogen functional groups attached to an aromatic ring is 1. The van der Waals surface area contributed by atoms with Gasteiger partial charge in [-0.1, -0.05) is 23.7 Å². The van der Waals surface area contributed by atoms with Gasteiger partial charge in [0.25, 0.3) is 0 Å². The summed E-state index contributed by atoms with van der Waals surface area (Å²) in [7, 11) is 0. The van der Waals surface area contributed by atoms with Crippen molar-refractivity contribution in [1.29, 1.82) is 0 Å². The van der Waals surface area contributed by atoms with Crippen LogP contribution in [0.1, 0.15) is 24.6 Å². The third-order valence-corrected chi connectivity index (χ3v) is 4.37. The molecule has 23 heavy (non-hydrogen) atoms. The van der Waals surface area contributed by atoms with E-state index >= 15 is 0 Å². The standard InChI is InChI=1S/C17H16ClN3O.ClH/c18-17-12(10-3-1-4-11(19)7-10)8-15-14(21-17)9-16(22-15)13-5-2-6-20-13;/h1,3-4,7-9,13,20H,2,5-6,19H2;1H/t13-;/m1./s1. The van der Waals surface area contributed by atoms with Gasteiger partial charge in [-0.25, -0.2) is 4.98 Å². The first kappa shape index (κ1) is 16.1. The summed E-state index contributed by atoms with van der Waals surface area (Å²) < 4.78 is 5.98. The Bertz CT molecular complexity index is 841. The van der Waals surface area contributed by atoms with E-state index in [1.807, 2.05) is 36.4 Å². The minimum absolute atomic E-state index is 0. The van der Waals surface area contributed by atoms with Crippen molar-refractivity contribution in [3.8, 4) is 11.1 Å². The fraction of sp³-hybridized carbons (Fsp3) is 0.235. The molecule has 3 aromatic rings. The third-order valence-electron chi connectivity index (χ3n) is 4.08. The highest BCUT2D eigenvalue weighted by Gasteiger charge is 2.21. The Morgan fingerprint density at radius 2 is 2.13 bits per heavy atom. The summed E-state index contributed by atoms with van der Waals surface area (Å²) in [5, 5.41) is 3.89. The van der Waals surface area contributed by atoms with Crippen LogP contribution in [-0.2, 0) is 0 Å². The normalized spacial score (nSPS) is 17.3. The molecule has 4 nitrogen and oxygen atoms in total. The molecule has 0 aliphatic carbocycles.